The van der Waals surface area contributed by atoms with Crippen LogP contribution in [0, 0.1) is 28.9 Å². The van der Waals surface area contributed by atoms with Crippen LogP contribution >= 0.6 is 24.8 Å². The quantitative estimate of drug-likeness (QED) is 0.315. The predicted octanol–water partition coefficient (Wildman–Crippen LogP) is 7.67. The minimum atomic E-state index is 0. The van der Waals surface area contributed by atoms with Gasteiger partial charge < -0.3 is 0 Å². The molecule has 26 heavy (non-hydrogen) atoms. The second-order valence-corrected chi connectivity index (χ2v) is 11.4. The van der Waals surface area contributed by atoms with Gasteiger partial charge in [0.2, 0.25) is 0 Å². The van der Waals surface area contributed by atoms with Crippen LogP contribution in [0.1, 0.15) is 75.7 Å². The molecule has 0 radical (unpaired) electrons. The van der Waals surface area contributed by atoms with Crippen LogP contribution in [0.3, 0.4) is 0 Å². The molecule has 3 heteroatoms. The van der Waals surface area contributed by atoms with Gasteiger partial charge in [0.15, 0.2) is 0 Å². The topological polar surface area (TPSA) is 0 Å². The Morgan fingerprint density at radius 2 is 1.50 bits per heavy atom. The van der Waals surface area contributed by atoms with E-state index in [0.717, 1.165) is 6.42 Å². The van der Waals surface area contributed by atoms with Crippen molar-refractivity contribution >= 4 is 28.0 Å². The predicted molar refractivity (Wildman–Crippen MR) is 120 cm³/mol. The van der Waals surface area contributed by atoms with Crippen LogP contribution in [0.25, 0.3) is 0 Å². The van der Waals surface area contributed by atoms with Crippen molar-refractivity contribution in [1.29, 1.82) is 0 Å². The van der Waals surface area contributed by atoms with Gasteiger partial charge in [-0.05, 0) is 5.41 Å². The van der Waals surface area contributed by atoms with Gasteiger partial charge in [-0.15, -0.1) is 31.2 Å². The molecule has 0 nitrogen and oxygen atoms in total. The standard InChI is InChI=1S/2C10H15.C3H6.2ClH.Zr/c2*1-8-5-6-9(7-8)10(2,3)4;1-3-2;;;/h7H,6H2,1-4H3;6-8H,1-4H3;1-2H3;2*1H;/q2*-1;;;;+2. The molecule has 0 saturated heterocycles. The van der Waals surface area contributed by atoms with Crippen molar-refractivity contribution in [3.05, 3.63) is 47.1 Å². The zero-order chi connectivity index (χ0) is 19.1. The largest absolute Gasteiger partial charge is 0.147 e. The molecular weight excluding hydrogens is 438 g/mol. The van der Waals surface area contributed by atoms with E-state index in [1.807, 2.05) is 0 Å². The first-order chi connectivity index (χ1) is 10.7. The summed E-state index contributed by atoms with van der Waals surface area (Å²) in [5.41, 5.74) is 4.86. The van der Waals surface area contributed by atoms with Crippen LogP contribution in [0.15, 0.2) is 34.9 Å². The first-order valence-electron chi connectivity index (χ1n) is 8.85. The summed E-state index contributed by atoms with van der Waals surface area (Å²) < 4.78 is 1.51. The number of rotatable bonds is 0. The van der Waals surface area contributed by atoms with E-state index < -0.39 is 0 Å². The minimum Gasteiger partial charge on any atom is -0.147 e. The summed E-state index contributed by atoms with van der Waals surface area (Å²) in [6.45, 7) is 22.0. The van der Waals surface area contributed by atoms with Crippen molar-refractivity contribution in [2.75, 3.05) is 0 Å². The molecule has 0 aromatic heterocycles. The molecule has 2 aliphatic rings. The maximum Gasteiger partial charge on any atom is -0.147 e. The summed E-state index contributed by atoms with van der Waals surface area (Å²) in [6, 6.07) is 0. The monoisotopic (exact) mass is 474 g/mol. The van der Waals surface area contributed by atoms with Gasteiger partial charge in [-0.25, -0.2) is 17.7 Å². The minimum absolute atomic E-state index is 0. The Hall–Kier alpha value is 0.293. The van der Waals surface area contributed by atoms with Gasteiger partial charge in [0, 0.05) is 0 Å². The van der Waals surface area contributed by atoms with E-state index in [2.05, 4.69) is 99.6 Å². The van der Waals surface area contributed by atoms with Gasteiger partial charge in [-0.3, -0.25) is 12.2 Å². The van der Waals surface area contributed by atoms with Crippen LogP contribution in [0.2, 0.25) is 0 Å². The maximum atomic E-state index is 3.30. The van der Waals surface area contributed by atoms with Crippen molar-refractivity contribution in [3.8, 4) is 0 Å². The van der Waals surface area contributed by atoms with Crippen molar-refractivity contribution in [2.45, 2.75) is 75.7 Å². The SMILES string of the molecule is CC1=[C-]CC(C(C)(C)C)=C1.CC1[C-]=CC(C(C)(C)C)=C1.C[C](C)=[Zr+2].Cl.Cl. The number of hydrogen-bond donors (Lipinski definition) is 0. The fraction of sp³-hybridized carbons (Fsp3) is 0.609. The van der Waals surface area contributed by atoms with E-state index in [0.29, 0.717) is 16.7 Å². The second-order valence-electron chi connectivity index (χ2n) is 8.93. The molecule has 0 N–H and O–H groups in total. The molecule has 0 bridgehead atoms. The summed E-state index contributed by atoms with van der Waals surface area (Å²) in [7, 11) is 0. The maximum absolute atomic E-state index is 3.30. The molecular formula is C23H38Cl2Zr. The van der Waals surface area contributed by atoms with E-state index >= 15 is 0 Å². The average molecular weight is 477 g/mol. The van der Waals surface area contributed by atoms with Crippen molar-refractivity contribution in [3.63, 3.8) is 0 Å². The molecule has 2 rings (SSSR count). The Kier molecular flexibility index (Phi) is 16.1. The van der Waals surface area contributed by atoms with Gasteiger partial charge in [0.05, 0.1) is 0 Å². The number of hydrogen-bond acceptors (Lipinski definition) is 0. The van der Waals surface area contributed by atoms with Gasteiger partial charge in [0.25, 0.3) is 0 Å². The fourth-order valence-corrected chi connectivity index (χ4v) is 2.13. The first-order valence-corrected chi connectivity index (χ1v) is 10.1. The Morgan fingerprint density at radius 3 is 1.65 bits per heavy atom. The summed E-state index contributed by atoms with van der Waals surface area (Å²) >= 11 is 1.55. The molecule has 0 heterocycles. The number of allylic oxidation sites excluding steroid dienone is 8. The summed E-state index contributed by atoms with van der Waals surface area (Å²) in [5, 5.41) is 0. The van der Waals surface area contributed by atoms with Crippen LogP contribution in [0.5, 0.6) is 0 Å². The zero-order valence-electron chi connectivity index (χ0n) is 18.3. The first kappa shape index (κ1) is 31.0. The summed E-state index contributed by atoms with van der Waals surface area (Å²) in [5.74, 6) is 0.522. The van der Waals surface area contributed by atoms with Crippen molar-refractivity contribution in [2.24, 2.45) is 16.7 Å². The Labute approximate surface area is 190 Å². The van der Waals surface area contributed by atoms with Crippen molar-refractivity contribution in [1.82, 2.24) is 0 Å². The molecule has 0 saturated carbocycles. The van der Waals surface area contributed by atoms with Gasteiger partial charge in [-0.2, -0.15) is 17.2 Å². The average Bonchev–Trinajstić information content (AvgIpc) is 2.96. The molecule has 0 aliphatic heterocycles. The van der Waals surface area contributed by atoms with E-state index in [9.17, 15) is 0 Å². The Bertz CT molecular complexity index is 546. The summed E-state index contributed by atoms with van der Waals surface area (Å²) in [4.78, 5) is 0. The fourth-order valence-electron chi connectivity index (χ4n) is 2.13. The molecule has 0 amide bonds. The van der Waals surface area contributed by atoms with Crippen molar-refractivity contribution < 1.29 is 24.2 Å². The van der Waals surface area contributed by atoms with Gasteiger partial charge >= 0.3 is 41.3 Å². The molecule has 0 aromatic carbocycles. The summed E-state index contributed by atoms with van der Waals surface area (Å²) in [6.07, 6.45) is 14.2. The zero-order valence-corrected chi connectivity index (χ0v) is 22.4. The van der Waals surface area contributed by atoms with E-state index in [4.69, 9.17) is 0 Å². The molecule has 1 atom stereocenters. The van der Waals surface area contributed by atoms with Gasteiger partial charge in [0.1, 0.15) is 0 Å². The molecule has 0 fully saturated rings. The third kappa shape index (κ3) is 14.4. The van der Waals surface area contributed by atoms with Crippen LogP contribution in [0.4, 0.5) is 0 Å². The van der Waals surface area contributed by atoms with E-state index in [1.54, 1.807) is 24.2 Å². The Balaban J connectivity index is -0.000000319. The number of halogens is 2. The van der Waals surface area contributed by atoms with Crippen LogP contribution in [-0.2, 0) is 24.2 Å². The molecule has 0 aromatic rings. The third-order valence-electron chi connectivity index (χ3n) is 3.71. The molecule has 148 valence electrons. The van der Waals surface area contributed by atoms with Crippen LogP contribution < -0.4 is 0 Å². The molecule has 2 aliphatic carbocycles. The molecule has 0 spiro atoms. The smallest absolute Gasteiger partial charge is 0.147 e. The van der Waals surface area contributed by atoms with Crippen LogP contribution in [-0.4, -0.2) is 3.21 Å². The second kappa shape index (κ2) is 13.5. The normalized spacial score (nSPS) is 18.0. The Morgan fingerprint density at radius 1 is 1.04 bits per heavy atom. The van der Waals surface area contributed by atoms with Gasteiger partial charge in [-0.1, -0.05) is 66.7 Å². The third-order valence-corrected chi connectivity index (χ3v) is 3.71. The van der Waals surface area contributed by atoms with E-state index in [-0.39, 0.29) is 24.8 Å². The molecule has 1 unspecified atom stereocenters. The van der Waals surface area contributed by atoms with E-state index in [1.165, 1.54) is 19.9 Å².